The first-order chi connectivity index (χ1) is 13.8. The van der Waals surface area contributed by atoms with Gasteiger partial charge < -0.3 is 9.87 Å². The minimum atomic E-state index is -3.32. The molecule has 30 heavy (non-hydrogen) atoms. The third-order valence-electron chi connectivity index (χ3n) is 4.41. The smallest absolute Gasteiger partial charge is 0.332 e. The Hall–Kier alpha value is -2.37. The molecule has 0 bridgehead atoms. The zero-order chi connectivity index (χ0) is 22.8. The summed E-state index contributed by atoms with van der Waals surface area (Å²) in [5, 5.41) is 11.4. The number of sulfone groups is 1. The van der Waals surface area contributed by atoms with Gasteiger partial charge in [0.15, 0.2) is 15.4 Å². The third kappa shape index (κ3) is 5.21. The zero-order valence-corrected chi connectivity index (χ0v) is 19.2. The Bertz CT molecular complexity index is 985. The number of amidine groups is 1. The Balaban J connectivity index is 2.37. The number of carbonyl (C=O) groups is 2. The van der Waals surface area contributed by atoms with Crippen LogP contribution in [-0.4, -0.2) is 66.6 Å². The second-order valence-corrected chi connectivity index (χ2v) is 10.8. The van der Waals surface area contributed by atoms with E-state index in [2.05, 4.69) is 5.32 Å². The molecular weight excluding hydrogens is 428 g/mol. The molecular formula is C19H26N4O5S2. The van der Waals surface area contributed by atoms with Crippen LogP contribution >= 0.6 is 0 Å². The highest BCUT2D eigenvalue weighted by atomic mass is 32.2. The van der Waals surface area contributed by atoms with Crippen molar-refractivity contribution >= 4 is 38.8 Å². The summed E-state index contributed by atoms with van der Waals surface area (Å²) in [6.45, 7) is 4.18. The van der Waals surface area contributed by atoms with E-state index in [4.69, 9.17) is 5.41 Å². The number of amides is 3. The van der Waals surface area contributed by atoms with Crippen molar-refractivity contribution in [3.63, 3.8) is 0 Å². The molecule has 1 aromatic rings. The minimum Gasteiger partial charge on any atom is -0.610 e. The Kier molecular flexibility index (Phi) is 7.32. The lowest BCUT2D eigenvalue weighted by atomic mass is 10.1. The molecule has 0 aromatic heterocycles. The van der Waals surface area contributed by atoms with Crippen LogP contribution in [0.1, 0.15) is 19.4 Å². The monoisotopic (exact) mass is 454 g/mol. The van der Waals surface area contributed by atoms with Gasteiger partial charge in [0, 0.05) is 37.6 Å². The molecule has 9 nitrogen and oxygen atoms in total. The average molecular weight is 455 g/mol. The van der Waals surface area contributed by atoms with Gasteiger partial charge in [0.1, 0.15) is 12.1 Å². The largest absolute Gasteiger partial charge is 0.610 e. The standard InChI is InChI=1S/C19H26N4O5S2/c1-12(2)11-23-16(20)15(18(24)22(3)19(23)25)17(29(4)26)21-10-13-6-8-14(9-7-13)30(5,27)28/h6-9,12,20-21H,10-11H2,1-5H3/b17-15-,20-16?. The maximum atomic E-state index is 12.7. The summed E-state index contributed by atoms with van der Waals surface area (Å²) >= 11 is -1.64. The van der Waals surface area contributed by atoms with Gasteiger partial charge >= 0.3 is 6.03 Å². The van der Waals surface area contributed by atoms with Gasteiger partial charge in [0.25, 0.3) is 5.91 Å². The molecule has 1 aliphatic heterocycles. The molecule has 1 unspecified atom stereocenters. The number of nitrogens with zero attached hydrogens (tertiary/aromatic N) is 2. The number of urea groups is 1. The molecule has 1 aliphatic rings. The van der Waals surface area contributed by atoms with Gasteiger partial charge in [0.2, 0.25) is 5.03 Å². The Morgan fingerprint density at radius 1 is 1.23 bits per heavy atom. The van der Waals surface area contributed by atoms with Crippen LogP contribution < -0.4 is 5.32 Å². The van der Waals surface area contributed by atoms with Crippen LogP contribution in [-0.2, 0) is 32.4 Å². The summed E-state index contributed by atoms with van der Waals surface area (Å²) in [5.41, 5.74) is 0.579. The summed E-state index contributed by atoms with van der Waals surface area (Å²) in [4.78, 5) is 27.4. The number of nitrogens with one attached hydrogen (secondary N) is 2. The lowest BCUT2D eigenvalue weighted by Crippen LogP contribution is -2.56. The van der Waals surface area contributed by atoms with Crippen LogP contribution in [0.3, 0.4) is 0 Å². The Morgan fingerprint density at radius 3 is 2.27 bits per heavy atom. The number of likely N-dealkylation sites (N-methyl/N-ethyl adjacent to an activating group) is 1. The van der Waals surface area contributed by atoms with E-state index in [1.807, 2.05) is 13.8 Å². The molecule has 11 heteroatoms. The SMILES string of the molecule is CC(C)CN1C(=N)/C(=C(\NCc2ccc(S(C)(=O)=O)cc2)[S+](C)[O-])C(=O)N(C)C1=O. The quantitative estimate of drug-likeness (QED) is 0.471. The molecule has 1 fully saturated rings. The topological polar surface area (TPSA) is 134 Å². The molecule has 2 rings (SSSR count). The van der Waals surface area contributed by atoms with Crippen molar-refractivity contribution < 1.29 is 22.6 Å². The molecule has 2 N–H and O–H groups in total. The predicted octanol–water partition coefficient (Wildman–Crippen LogP) is 1.30. The molecule has 0 spiro atoms. The Labute approximate surface area is 179 Å². The van der Waals surface area contributed by atoms with Crippen LogP contribution in [0.25, 0.3) is 0 Å². The highest BCUT2D eigenvalue weighted by Crippen LogP contribution is 2.22. The molecule has 3 amide bonds. The van der Waals surface area contributed by atoms with Gasteiger partial charge in [-0.15, -0.1) is 0 Å². The highest BCUT2D eigenvalue weighted by molar-refractivity contribution is 7.94. The second kappa shape index (κ2) is 9.19. The number of rotatable bonds is 7. The van der Waals surface area contributed by atoms with Crippen molar-refractivity contribution in [2.24, 2.45) is 5.92 Å². The van der Waals surface area contributed by atoms with Crippen molar-refractivity contribution in [1.29, 1.82) is 5.41 Å². The van der Waals surface area contributed by atoms with E-state index in [1.54, 1.807) is 12.1 Å². The van der Waals surface area contributed by atoms with Crippen LogP contribution in [0.5, 0.6) is 0 Å². The molecule has 0 aliphatic carbocycles. The van der Waals surface area contributed by atoms with Crippen molar-refractivity contribution in [3.05, 3.63) is 40.4 Å². The minimum absolute atomic E-state index is 0.0466. The summed E-state index contributed by atoms with van der Waals surface area (Å²) in [7, 11) is -1.99. The van der Waals surface area contributed by atoms with Gasteiger partial charge in [-0.3, -0.25) is 20.0 Å². The van der Waals surface area contributed by atoms with Crippen molar-refractivity contribution in [2.45, 2.75) is 25.3 Å². The first kappa shape index (κ1) is 23.9. The van der Waals surface area contributed by atoms with Crippen molar-refractivity contribution in [1.82, 2.24) is 15.1 Å². The molecule has 164 valence electrons. The van der Waals surface area contributed by atoms with E-state index < -0.39 is 33.0 Å². The van der Waals surface area contributed by atoms with Gasteiger partial charge in [-0.25, -0.2) is 13.2 Å². The van der Waals surface area contributed by atoms with E-state index in [9.17, 15) is 22.6 Å². The van der Waals surface area contributed by atoms with Gasteiger partial charge in [-0.1, -0.05) is 26.0 Å². The summed E-state index contributed by atoms with van der Waals surface area (Å²) in [6, 6.07) is 5.55. The fourth-order valence-electron chi connectivity index (χ4n) is 2.88. The molecule has 1 atom stereocenters. The van der Waals surface area contributed by atoms with Gasteiger partial charge in [-0.05, 0) is 23.6 Å². The fourth-order valence-corrected chi connectivity index (χ4v) is 4.25. The molecule has 1 aromatic carbocycles. The summed E-state index contributed by atoms with van der Waals surface area (Å²) < 4.78 is 35.6. The first-order valence-corrected chi connectivity index (χ1v) is 12.6. The second-order valence-electron chi connectivity index (χ2n) is 7.43. The van der Waals surface area contributed by atoms with Gasteiger partial charge in [-0.2, -0.15) is 0 Å². The lowest BCUT2D eigenvalue weighted by Gasteiger charge is -2.35. The van der Waals surface area contributed by atoms with E-state index >= 15 is 0 Å². The summed E-state index contributed by atoms with van der Waals surface area (Å²) in [6.07, 6.45) is 2.50. The number of hydrogen-bond donors (Lipinski definition) is 2. The van der Waals surface area contributed by atoms with Crippen molar-refractivity contribution in [2.75, 3.05) is 26.1 Å². The van der Waals surface area contributed by atoms with Crippen LogP contribution in [0.2, 0.25) is 0 Å². The molecule has 0 saturated carbocycles. The fraction of sp³-hybridized carbons (Fsp3) is 0.421. The first-order valence-electron chi connectivity index (χ1n) is 9.13. The van der Waals surface area contributed by atoms with Crippen LogP contribution in [0.4, 0.5) is 4.79 Å². The highest BCUT2D eigenvalue weighted by Gasteiger charge is 2.42. The number of hydrogen-bond acceptors (Lipinski definition) is 7. The lowest BCUT2D eigenvalue weighted by molar-refractivity contribution is -0.123. The summed E-state index contributed by atoms with van der Waals surface area (Å²) in [5.74, 6) is -0.925. The maximum absolute atomic E-state index is 12.7. The number of benzene rings is 1. The zero-order valence-electron chi connectivity index (χ0n) is 17.6. The van der Waals surface area contributed by atoms with Crippen molar-refractivity contribution in [3.8, 4) is 0 Å². The maximum Gasteiger partial charge on any atom is 0.332 e. The van der Waals surface area contributed by atoms with E-state index in [0.29, 0.717) is 5.56 Å². The normalized spacial score (nSPS) is 18.2. The van der Waals surface area contributed by atoms with Crippen LogP contribution in [0, 0.1) is 11.3 Å². The predicted molar refractivity (Wildman–Crippen MR) is 115 cm³/mol. The number of imide groups is 1. The van der Waals surface area contributed by atoms with E-state index in [1.165, 1.54) is 30.3 Å². The third-order valence-corrected chi connectivity index (χ3v) is 6.46. The van der Waals surface area contributed by atoms with E-state index in [-0.39, 0.29) is 40.3 Å². The molecule has 1 saturated heterocycles. The molecule has 0 radical (unpaired) electrons. The van der Waals surface area contributed by atoms with E-state index in [0.717, 1.165) is 11.2 Å². The average Bonchev–Trinajstić information content (AvgIpc) is 2.65. The Morgan fingerprint density at radius 2 is 1.80 bits per heavy atom. The molecule has 1 heterocycles. The number of carbonyl (C=O) groups excluding carboxylic acids is 2. The van der Waals surface area contributed by atoms with Gasteiger partial charge in [0.05, 0.1) is 4.90 Å². The van der Waals surface area contributed by atoms with Crippen LogP contribution in [0.15, 0.2) is 39.8 Å².